The zero-order valence-electron chi connectivity index (χ0n) is 17.5. The monoisotopic (exact) mass is 441 g/mol. The minimum atomic E-state index is -1.18. The molecule has 0 spiro atoms. The molecule has 3 atom stereocenters. The van der Waals surface area contributed by atoms with Gasteiger partial charge in [-0.25, -0.2) is 0 Å². The molecule has 162 valence electrons. The van der Waals surface area contributed by atoms with Crippen LogP contribution < -0.4 is 15.0 Å². The molecule has 2 aromatic rings. The molecular formula is C22H23N3O5S. The van der Waals surface area contributed by atoms with Crippen LogP contribution in [0.15, 0.2) is 42.5 Å². The molecule has 0 aromatic heterocycles. The van der Waals surface area contributed by atoms with Gasteiger partial charge in [0, 0.05) is 23.4 Å². The maximum atomic E-state index is 13.1. The minimum absolute atomic E-state index is 0.0844. The summed E-state index contributed by atoms with van der Waals surface area (Å²) < 4.78 is 11.7. The van der Waals surface area contributed by atoms with Gasteiger partial charge in [0.2, 0.25) is 5.72 Å². The maximum Gasteiger partial charge on any atom is 0.317 e. The zero-order chi connectivity index (χ0) is 22.3. The molecular weight excluding hydrogens is 418 g/mol. The number of nitrogens with one attached hydrogen (secondary N) is 1. The molecule has 0 aliphatic carbocycles. The summed E-state index contributed by atoms with van der Waals surface area (Å²) in [5.74, 6) is -0.805. The number of nitro groups is 1. The van der Waals surface area contributed by atoms with E-state index in [1.807, 2.05) is 24.3 Å². The van der Waals surface area contributed by atoms with E-state index in [1.54, 1.807) is 24.8 Å². The van der Waals surface area contributed by atoms with Gasteiger partial charge in [-0.15, -0.1) is 0 Å². The number of nitro benzene ring substituents is 1. The predicted molar refractivity (Wildman–Crippen MR) is 119 cm³/mol. The van der Waals surface area contributed by atoms with Crippen LogP contribution in [0, 0.1) is 16.0 Å². The number of hydrogen-bond donors (Lipinski definition) is 1. The first-order chi connectivity index (χ1) is 14.8. The third kappa shape index (κ3) is 3.38. The largest absolute Gasteiger partial charge is 0.466 e. The SMILES string of the molecule is CCOC(=O)[C@@H]1[C@H]2NC(=S)N(c3ccc(CC)cc3)[C@@]1(C)Oc1ccc([N+](=O)[O-])cc12. The van der Waals surface area contributed by atoms with E-state index < -0.39 is 28.6 Å². The van der Waals surface area contributed by atoms with Crippen molar-refractivity contribution < 1.29 is 19.2 Å². The van der Waals surface area contributed by atoms with Crippen molar-refractivity contribution in [2.75, 3.05) is 11.5 Å². The first kappa shape index (κ1) is 21.0. The summed E-state index contributed by atoms with van der Waals surface area (Å²) in [5.41, 5.74) is 1.19. The highest BCUT2D eigenvalue weighted by Gasteiger charge is 2.60. The second-order valence-electron chi connectivity index (χ2n) is 7.65. The number of fused-ring (bicyclic) bond motifs is 4. The summed E-state index contributed by atoms with van der Waals surface area (Å²) >= 11 is 5.66. The molecule has 4 rings (SSSR count). The average molecular weight is 442 g/mol. The molecule has 1 N–H and O–H groups in total. The number of aryl methyl sites for hydroxylation is 1. The number of carbonyl (C=O) groups excluding carboxylic acids is 1. The highest BCUT2D eigenvalue weighted by molar-refractivity contribution is 7.80. The molecule has 2 aromatic carbocycles. The van der Waals surface area contributed by atoms with Crippen LogP contribution in [0.5, 0.6) is 5.75 Å². The van der Waals surface area contributed by atoms with Crippen LogP contribution in [-0.2, 0) is 16.0 Å². The van der Waals surface area contributed by atoms with E-state index in [4.69, 9.17) is 21.7 Å². The summed E-state index contributed by atoms with van der Waals surface area (Å²) in [5, 5.41) is 14.9. The lowest BCUT2D eigenvalue weighted by Crippen LogP contribution is -2.71. The van der Waals surface area contributed by atoms with Crippen LogP contribution in [0.2, 0.25) is 0 Å². The molecule has 2 aliphatic rings. The third-order valence-corrected chi connectivity index (χ3v) is 6.14. The van der Waals surface area contributed by atoms with Crippen LogP contribution in [0.3, 0.4) is 0 Å². The highest BCUT2D eigenvalue weighted by Crippen LogP contribution is 2.50. The van der Waals surface area contributed by atoms with E-state index in [2.05, 4.69) is 12.2 Å². The van der Waals surface area contributed by atoms with Crippen molar-refractivity contribution in [1.82, 2.24) is 5.32 Å². The summed E-state index contributed by atoms with van der Waals surface area (Å²) in [6.07, 6.45) is 0.899. The Morgan fingerprint density at radius 2 is 2.00 bits per heavy atom. The number of nitrogens with zero attached hydrogens (tertiary/aromatic N) is 2. The van der Waals surface area contributed by atoms with Crippen molar-refractivity contribution in [3.05, 3.63) is 63.7 Å². The van der Waals surface area contributed by atoms with E-state index in [9.17, 15) is 14.9 Å². The Kier molecular flexibility index (Phi) is 5.30. The lowest BCUT2D eigenvalue weighted by atomic mass is 9.79. The highest BCUT2D eigenvalue weighted by atomic mass is 32.1. The average Bonchev–Trinajstić information content (AvgIpc) is 2.73. The second kappa shape index (κ2) is 7.81. The number of non-ortho nitro benzene ring substituents is 1. The number of benzene rings is 2. The molecule has 9 heteroatoms. The number of hydrogen-bond acceptors (Lipinski definition) is 6. The fraction of sp³-hybridized carbons (Fsp3) is 0.364. The molecule has 0 unspecified atom stereocenters. The van der Waals surface area contributed by atoms with Gasteiger partial charge in [-0.1, -0.05) is 19.1 Å². The van der Waals surface area contributed by atoms with Crippen LogP contribution in [0.4, 0.5) is 11.4 Å². The summed E-state index contributed by atoms with van der Waals surface area (Å²) in [7, 11) is 0. The Morgan fingerprint density at radius 1 is 1.29 bits per heavy atom. The van der Waals surface area contributed by atoms with Crippen LogP contribution in [0.1, 0.15) is 37.9 Å². The molecule has 2 aliphatic heterocycles. The summed E-state index contributed by atoms with van der Waals surface area (Å²) in [6.45, 7) is 5.81. The molecule has 2 bridgehead atoms. The minimum Gasteiger partial charge on any atom is -0.466 e. The van der Waals surface area contributed by atoms with Crippen molar-refractivity contribution >= 4 is 34.7 Å². The van der Waals surface area contributed by atoms with E-state index in [0.29, 0.717) is 16.4 Å². The van der Waals surface area contributed by atoms with E-state index in [0.717, 1.165) is 12.1 Å². The van der Waals surface area contributed by atoms with Gasteiger partial charge in [-0.05, 0) is 56.2 Å². The fourth-order valence-electron chi connectivity index (χ4n) is 4.35. The third-order valence-electron chi connectivity index (χ3n) is 5.84. The predicted octanol–water partition coefficient (Wildman–Crippen LogP) is 3.88. The van der Waals surface area contributed by atoms with Crippen molar-refractivity contribution in [3.8, 4) is 5.75 Å². The Balaban J connectivity index is 1.87. The lowest BCUT2D eigenvalue weighted by Gasteiger charge is -2.55. The van der Waals surface area contributed by atoms with Crippen LogP contribution in [0.25, 0.3) is 0 Å². The van der Waals surface area contributed by atoms with Gasteiger partial charge in [-0.3, -0.25) is 19.8 Å². The van der Waals surface area contributed by atoms with E-state index in [-0.39, 0.29) is 12.3 Å². The normalized spacial score (nSPS) is 24.0. The molecule has 0 radical (unpaired) electrons. The fourth-order valence-corrected chi connectivity index (χ4v) is 4.76. The summed E-state index contributed by atoms with van der Waals surface area (Å²) in [6, 6.07) is 11.7. The van der Waals surface area contributed by atoms with Crippen molar-refractivity contribution in [2.45, 2.75) is 39.0 Å². The first-order valence-electron chi connectivity index (χ1n) is 10.1. The number of thiocarbonyl (C=S) groups is 1. The van der Waals surface area contributed by atoms with Crippen LogP contribution in [-0.4, -0.2) is 28.3 Å². The number of anilines is 1. The smallest absolute Gasteiger partial charge is 0.317 e. The number of carbonyl (C=O) groups is 1. The number of esters is 1. The topological polar surface area (TPSA) is 93.9 Å². The van der Waals surface area contributed by atoms with Gasteiger partial charge >= 0.3 is 5.97 Å². The quantitative estimate of drug-likeness (QED) is 0.323. The maximum absolute atomic E-state index is 13.1. The Hall–Kier alpha value is -3.20. The number of ether oxygens (including phenoxy) is 2. The van der Waals surface area contributed by atoms with Gasteiger partial charge in [0.1, 0.15) is 11.7 Å². The van der Waals surface area contributed by atoms with Gasteiger partial charge in [-0.2, -0.15) is 0 Å². The molecule has 8 nitrogen and oxygen atoms in total. The summed E-state index contributed by atoms with van der Waals surface area (Å²) in [4.78, 5) is 25.7. The van der Waals surface area contributed by atoms with Crippen molar-refractivity contribution in [3.63, 3.8) is 0 Å². The van der Waals surface area contributed by atoms with Gasteiger partial charge < -0.3 is 14.8 Å². The molecule has 0 saturated carbocycles. The lowest BCUT2D eigenvalue weighted by molar-refractivity contribution is -0.385. The van der Waals surface area contributed by atoms with Gasteiger partial charge in [0.05, 0.1) is 17.6 Å². The van der Waals surface area contributed by atoms with Crippen LogP contribution >= 0.6 is 12.2 Å². The first-order valence-corrected chi connectivity index (χ1v) is 10.5. The Morgan fingerprint density at radius 3 is 2.61 bits per heavy atom. The Bertz CT molecular complexity index is 1060. The molecule has 1 saturated heterocycles. The van der Waals surface area contributed by atoms with Gasteiger partial charge in [0.25, 0.3) is 5.69 Å². The molecule has 1 fully saturated rings. The molecule has 0 amide bonds. The van der Waals surface area contributed by atoms with E-state index in [1.165, 1.54) is 17.7 Å². The zero-order valence-corrected chi connectivity index (χ0v) is 18.3. The van der Waals surface area contributed by atoms with Gasteiger partial charge in [0.15, 0.2) is 5.11 Å². The van der Waals surface area contributed by atoms with E-state index >= 15 is 0 Å². The molecule has 31 heavy (non-hydrogen) atoms. The second-order valence-corrected chi connectivity index (χ2v) is 8.03. The van der Waals surface area contributed by atoms with Crippen molar-refractivity contribution in [2.24, 2.45) is 5.92 Å². The van der Waals surface area contributed by atoms with Crippen molar-refractivity contribution in [1.29, 1.82) is 0 Å². The number of rotatable bonds is 5. The molecule has 2 heterocycles. The Labute approximate surface area is 185 Å². The standard InChI is InChI=1S/C22H23N3O5S/c1-4-13-6-8-14(9-7-13)24-21(31)23-19-16-12-15(25(27)28)10-11-17(16)30-22(24,3)18(19)20(26)29-5-2/h6-12,18-19H,4-5H2,1-3H3,(H,23,31)/t18-,19-,22-/m0/s1.